The predicted molar refractivity (Wildman–Crippen MR) is 255 cm³/mol. The summed E-state index contributed by atoms with van der Waals surface area (Å²) >= 11 is 44.9. The molecule has 0 spiro atoms. The van der Waals surface area contributed by atoms with Crippen LogP contribution in [0, 0.1) is 11.8 Å². The minimum atomic E-state index is -0.990. The first-order valence-corrected chi connectivity index (χ1v) is 20.7. The molecule has 0 saturated heterocycles. The topological polar surface area (TPSA) is 129 Å². The van der Waals surface area contributed by atoms with Crippen LogP contribution in [0.25, 0.3) is 0 Å². The molecule has 0 aromatic heterocycles. The second kappa shape index (κ2) is 25.6. The van der Waals surface area contributed by atoms with E-state index >= 15 is 0 Å². The maximum Gasteiger partial charge on any atom is 1.00 e. The summed E-state index contributed by atoms with van der Waals surface area (Å²) in [5, 5.41) is 7.86. The fraction of sp³-hybridized carbons (Fsp3) is 0.200. The number of halogens is 4. The normalized spacial score (nSPS) is 10.2. The van der Waals surface area contributed by atoms with E-state index in [1.807, 2.05) is 0 Å². The summed E-state index contributed by atoms with van der Waals surface area (Å²) in [7, 11) is 6.39. The second-order valence-electron chi connectivity index (χ2n) is 12.8. The van der Waals surface area contributed by atoms with Crippen LogP contribution in [-0.2, 0) is 19.2 Å². The van der Waals surface area contributed by atoms with Gasteiger partial charge in [-0.25, -0.2) is 0 Å². The Morgan fingerprint density at radius 2 is 0.541 bits per heavy atom. The van der Waals surface area contributed by atoms with Crippen LogP contribution in [0.4, 0.5) is 0 Å². The van der Waals surface area contributed by atoms with Gasteiger partial charge in [-0.05, 0) is 62.4 Å². The first-order valence-electron chi connectivity index (χ1n) is 17.6. The van der Waals surface area contributed by atoms with E-state index in [9.17, 15) is 19.2 Å². The molecule has 4 N–H and O–H groups in total. The summed E-state index contributed by atoms with van der Waals surface area (Å²) in [6.07, 6.45) is 0. The van der Waals surface area contributed by atoms with Crippen molar-refractivity contribution in [1.82, 2.24) is 41.7 Å². The average Bonchev–Trinajstić information content (AvgIpc) is 3.23. The molecule has 0 radical (unpaired) electrons. The molecule has 4 aromatic carbocycles. The van der Waals surface area contributed by atoms with E-state index in [-0.39, 0.29) is 29.6 Å². The summed E-state index contributed by atoms with van der Waals surface area (Å²) in [4.78, 5) is 51.5. The van der Waals surface area contributed by atoms with Crippen molar-refractivity contribution >= 4 is 139 Å². The van der Waals surface area contributed by atoms with Crippen LogP contribution < -0.4 is 51.3 Å². The number of benzene rings is 4. The van der Waals surface area contributed by atoms with E-state index in [4.69, 9.17) is 95.3 Å². The molecule has 0 aliphatic rings. The zero-order valence-electron chi connectivity index (χ0n) is 34.0. The third-order valence-electron chi connectivity index (χ3n) is 8.27. The Morgan fingerprint density at radius 1 is 0.393 bits per heavy atom. The van der Waals surface area contributed by atoms with Crippen molar-refractivity contribution in [2.24, 2.45) is 11.8 Å². The van der Waals surface area contributed by atoms with Gasteiger partial charge in [0.15, 0.2) is 0 Å². The standard InChI is InChI=1S/2C20H20Cl2N4O2S2.Na/c2*1-12(17(27)23-25(2)19(29)13-4-8-15(21)9-5-13)18(28)24-26(3)20(30)14-6-10-16(22)11-7-14;/h2*4-12H,1-3H3,(H,23,27)(H,24,28);/q;;+1. The SMILES string of the molecule is CC(C(=O)NN(C)C(=S)c1ccc(Cl)cc1)C(=O)NN(C)C(=S)c1ccc(Cl)cc1.CC(C(=O)NN(C)C(=S)c1ccc(Cl)cc1)C(=O)NN(C)C(=S)c1ccc(Cl)cc1.[Na+]. The van der Waals surface area contributed by atoms with Crippen LogP contribution in [0.3, 0.4) is 0 Å². The number of nitrogens with zero attached hydrogens (tertiary/aromatic N) is 4. The number of rotatable bonds is 8. The van der Waals surface area contributed by atoms with E-state index in [1.165, 1.54) is 33.9 Å². The summed E-state index contributed by atoms with van der Waals surface area (Å²) in [6, 6.07) is 27.6. The molecule has 0 aliphatic carbocycles. The van der Waals surface area contributed by atoms with Crippen LogP contribution in [0.2, 0.25) is 20.1 Å². The van der Waals surface area contributed by atoms with E-state index in [2.05, 4.69) is 21.7 Å². The van der Waals surface area contributed by atoms with Crippen LogP contribution in [0.1, 0.15) is 36.1 Å². The molecule has 4 rings (SSSR count). The number of nitrogens with one attached hydrogen (secondary N) is 4. The van der Waals surface area contributed by atoms with Crippen molar-refractivity contribution in [2.75, 3.05) is 28.2 Å². The van der Waals surface area contributed by atoms with Gasteiger partial charge in [0.1, 0.15) is 31.8 Å². The monoisotopic (exact) mass is 987 g/mol. The summed E-state index contributed by atoms with van der Waals surface area (Å²) in [5.41, 5.74) is 13.3. The molecule has 4 aromatic rings. The molecule has 4 amide bonds. The Labute approximate surface area is 418 Å². The second-order valence-corrected chi connectivity index (χ2v) is 16.1. The zero-order valence-corrected chi connectivity index (χ0v) is 42.2. The van der Waals surface area contributed by atoms with Crippen molar-refractivity contribution in [1.29, 1.82) is 0 Å². The molecule has 0 aliphatic heterocycles. The van der Waals surface area contributed by atoms with E-state index in [1.54, 1.807) is 125 Å². The third kappa shape index (κ3) is 16.6. The molecule has 0 heterocycles. The minimum Gasteiger partial charge on any atom is -0.277 e. The molecule has 0 bridgehead atoms. The Morgan fingerprint density at radius 3 is 0.689 bits per heavy atom. The van der Waals surface area contributed by atoms with E-state index in [0.717, 1.165) is 0 Å². The largest absolute Gasteiger partial charge is 1.00 e. The number of hydrogen-bond donors (Lipinski definition) is 4. The molecule has 0 unspecified atom stereocenters. The Balaban J connectivity index is 0.000000413. The molecule has 316 valence electrons. The average molecular weight is 990 g/mol. The van der Waals surface area contributed by atoms with Gasteiger partial charge in [-0.1, -0.05) is 144 Å². The number of thiocarbonyl (C=S) groups is 4. The third-order valence-corrected chi connectivity index (χ3v) is 11.3. The van der Waals surface area contributed by atoms with Gasteiger partial charge in [0, 0.05) is 70.5 Å². The molecule has 0 saturated carbocycles. The van der Waals surface area contributed by atoms with Gasteiger partial charge in [-0.15, -0.1) is 0 Å². The summed E-state index contributed by atoms with van der Waals surface area (Å²) in [5.74, 6) is -4.05. The molecular formula is C40H40Cl4N8NaO4S4+. The molecule has 0 atom stereocenters. The van der Waals surface area contributed by atoms with Gasteiger partial charge in [0.2, 0.25) is 0 Å². The summed E-state index contributed by atoms with van der Waals surface area (Å²) in [6.45, 7) is 2.98. The van der Waals surface area contributed by atoms with Crippen molar-refractivity contribution < 1.29 is 48.7 Å². The Kier molecular flexibility index (Phi) is 22.5. The van der Waals surface area contributed by atoms with Crippen LogP contribution in [-0.4, -0.2) is 91.8 Å². The van der Waals surface area contributed by atoms with Crippen molar-refractivity contribution in [3.8, 4) is 0 Å². The fourth-order valence-electron chi connectivity index (χ4n) is 4.63. The molecular weight excluding hydrogens is 950 g/mol. The van der Waals surface area contributed by atoms with Crippen molar-refractivity contribution in [2.45, 2.75) is 13.8 Å². The predicted octanol–water partition coefficient (Wildman–Crippen LogP) is 4.22. The maximum atomic E-state index is 12.5. The van der Waals surface area contributed by atoms with Crippen LogP contribution in [0.5, 0.6) is 0 Å². The van der Waals surface area contributed by atoms with Crippen molar-refractivity contribution in [3.63, 3.8) is 0 Å². The summed E-state index contributed by atoms with van der Waals surface area (Å²) < 4.78 is 0. The van der Waals surface area contributed by atoms with Gasteiger partial charge >= 0.3 is 29.6 Å². The molecule has 0 fully saturated rings. The maximum absolute atomic E-state index is 12.5. The van der Waals surface area contributed by atoms with Gasteiger partial charge in [-0.3, -0.25) is 60.9 Å². The molecule has 21 heteroatoms. The Bertz CT molecular complexity index is 1910. The number of hydrogen-bond acceptors (Lipinski definition) is 8. The van der Waals surface area contributed by atoms with Gasteiger partial charge in [0.25, 0.3) is 23.6 Å². The van der Waals surface area contributed by atoms with Gasteiger partial charge in [0.05, 0.1) is 0 Å². The van der Waals surface area contributed by atoms with Gasteiger partial charge in [-0.2, -0.15) is 0 Å². The van der Waals surface area contributed by atoms with E-state index < -0.39 is 35.5 Å². The molecule has 12 nitrogen and oxygen atoms in total. The van der Waals surface area contributed by atoms with Gasteiger partial charge < -0.3 is 0 Å². The van der Waals surface area contributed by atoms with Crippen LogP contribution in [0.15, 0.2) is 97.1 Å². The smallest absolute Gasteiger partial charge is 0.277 e. The first-order chi connectivity index (χ1) is 28.2. The number of amides is 4. The van der Waals surface area contributed by atoms with E-state index in [0.29, 0.717) is 62.3 Å². The van der Waals surface area contributed by atoms with Crippen molar-refractivity contribution in [3.05, 3.63) is 139 Å². The Hall–Kier alpha value is -3.52. The quantitative estimate of drug-likeness (QED) is 0.0875. The first kappa shape index (κ1) is 53.6. The van der Waals surface area contributed by atoms with Crippen LogP contribution >= 0.6 is 95.3 Å². The number of carbonyl (C=O) groups excluding carboxylic acids is 4. The minimum absolute atomic E-state index is 0. The number of carbonyl (C=O) groups is 4. The molecule has 61 heavy (non-hydrogen) atoms. The number of hydrazine groups is 4. The zero-order chi connectivity index (χ0) is 44.8. The fourth-order valence-corrected chi connectivity index (χ4v) is 5.86.